The first kappa shape index (κ1) is 19.3. The predicted octanol–water partition coefficient (Wildman–Crippen LogP) is 3.20. The molecule has 0 atom stereocenters. The average molecular weight is 425 g/mol. The van der Waals surface area contributed by atoms with E-state index in [1.807, 2.05) is 0 Å². The van der Waals surface area contributed by atoms with Crippen LogP contribution in [0.2, 0.25) is 0 Å². The summed E-state index contributed by atoms with van der Waals surface area (Å²) in [5, 5.41) is 0. The van der Waals surface area contributed by atoms with E-state index in [9.17, 15) is 9.59 Å². The normalized spacial score (nSPS) is 16.9. The molecule has 136 valence electrons. The van der Waals surface area contributed by atoms with Crippen LogP contribution in [-0.2, 0) is 0 Å². The Morgan fingerprint density at radius 3 is 1.92 bits per heavy atom. The Labute approximate surface area is 171 Å². The lowest BCUT2D eigenvalue weighted by Crippen LogP contribution is -2.32. The Hall–Kier alpha value is -1.42. The molecule has 3 rings (SSSR count). The summed E-state index contributed by atoms with van der Waals surface area (Å²) in [6, 6.07) is 4.85. The molecule has 9 heteroatoms. The van der Waals surface area contributed by atoms with Crippen LogP contribution in [0.15, 0.2) is 30.9 Å². The van der Waals surface area contributed by atoms with E-state index in [-0.39, 0.29) is 18.4 Å². The third-order valence-electron chi connectivity index (χ3n) is 3.78. The second-order valence-electron chi connectivity index (χ2n) is 5.49. The number of rotatable bonds is 5. The van der Waals surface area contributed by atoms with Gasteiger partial charge >= 0.3 is 0 Å². The molecule has 26 heavy (non-hydrogen) atoms. The van der Waals surface area contributed by atoms with Gasteiger partial charge in [0.25, 0.3) is 11.8 Å². The molecule has 2 saturated heterocycles. The molecule has 0 bridgehead atoms. The lowest BCUT2D eigenvalue weighted by Gasteiger charge is -2.18. The van der Waals surface area contributed by atoms with E-state index in [2.05, 4.69) is 6.58 Å². The largest absolute Gasteiger partial charge is 0.490 e. The average Bonchev–Trinajstić information content (AvgIpc) is 3.26. The number of benzene rings is 1. The lowest BCUT2D eigenvalue weighted by molar-refractivity contribution is 0.0860. The first-order valence-electron chi connectivity index (χ1n) is 7.87. The molecule has 0 N–H and O–H groups in total. The molecule has 2 heterocycles. The minimum absolute atomic E-state index is 0.225. The number of ether oxygens (including phenoxy) is 1. The van der Waals surface area contributed by atoms with E-state index in [1.165, 1.54) is 23.5 Å². The van der Waals surface area contributed by atoms with Gasteiger partial charge in [-0.1, -0.05) is 60.6 Å². The summed E-state index contributed by atoms with van der Waals surface area (Å²) in [6.07, 6.45) is 1.61. The highest BCUT2D eigenvalue weighted by atomic mass is 32.2. The lowest BCUT2D eigenvalue weighted by atomic mass is 10.1. The van der Waals surface area contributed by atoms with Crippen molar-refractivity contribution in [3.8, 4) is 5.75 Å². The molecule has 0 spiro atoms. The van der Waals surface area contributed by atoms with Gasteiger partial charge in [-0.25, -0.2) is 0 Å². The zero-order valence-electron chi connectivity index (χ0n) is 13.8. The standard InChI is InChI=1S/C17H16N2O3S4/c1-2-5-22-13-9-11(14(20)18-3-6-25-16(18)23)8-12(10-13)15(21)19-4-7-26-17(19)24/h2,8-10H,1,3-7H2. The van der Waals surface area contributed by atoms with E-state index < -0.39 is 0 Å². The minimum atomic E-state index is -0.225. The van der Waals surface area contributed by atoms with Crippen molar-refractivity contribution in [2.24, 2.45) is 0 Å². The van der Waals surface area contributed by atoms with Crippen molar-refractivity contribution >= 4 is 68.4 Å². The monoisotopic (exact) mass is 424 g/mol. The Morgan fingerprint density at radius 1 is 1.04 bits per heavy atom. The van der Waals surface area contributed by atoms with Crippen molar-refractivity contribution < 1.29 is 14.3 Å². The van der Waals surface area contributed by atoms with E-state index in [1.54, 1.807) is 34.1 Å². The number of thiocarbonyl (C=S) groups is 2. The van der Waals surface area contributed by atoms with Crippen LogP contribution >= 0.6 is 48.0 Å². The van der Waals surface area contributed by atoms with Gasteiger partial charge in [-0.2, -0.15) is 0 Å². The molecule has 0 radical (unpaired) electrons. The molecule has 0 unspecified atom stereocenters. The molecule has 1 aromatic rings. The second-order valence-corrected chi connectivity index (χ2v) is 8.95. The van der Waals surface area contributed by atoms with Gasteiger partial charge in [0.1, 0.15) is 21.0 Å². The highest BCUT2D eigenvalue weighted by Crippen LogP contribution is 2.26. The van der Waals surface area contributed by atoms with Gasteiger partial charge in [-0.3, -0.25) is 19.4 Å². The van der Waals surface area contributed by atoms with Crippen molar-refractivity contribution in [1.82, 2.24) is 9.80 Å². The maximum Gasteiger partial charge on any atom is 0.259 e. The molecule has 2 fully saturated rings. The second kappa shape index (κ2) is 8.51. The quantitative estimate of drug-likeness (QED) is 0.531. The number of carbonyl (C=O) groups is 2. The molecule has 2 amide bonds. The van der Waals surface area contributed by atoms with Crippen LogP contribution in [0.1, 0.15) is 20.7 Å². The Morgan fingerprint density at radius 2 is 1.54 bits per heavy atom. The minimum Gasteiger partial charge on any atom is -0.490 e. The molecule has 5 nitrogen and oxygen atoms in total. The van der Waals surface area contributed by atoms with Crippen LogP contribution in [0.4, 0.5) is 0 Å². The summed E-state index contributed by atoms with van der Waals surface area (Å²) in [7, 11) is 0. The van der Waals surface area contributed by atoms with E-state index >= 15 is 0 Å². The van der Waals surface area contributed by atoms with Crippen LogP contribution in [-0.4, -0.2) is 61.5 Å². The third-order valence-corrected chi connectivity index (χ3v) is 6.64. The summed E-state index contributed by atoms with van der Waals surface area (Å²) in [5.74, 6) is 1.55. The summed E-state index contributed by atoms with van der Waals surface area (Å²) >= 11 is 13.4. The van der Waals surface area contributed by atoms with Crippen molar-refractivity contribution in [2.45, 2.75) is 0 Å². The summed E-state index contributed by atoms with van der Waals surface area (Å²) in [6.45, 7) is 5.03. The van der Waals surface area contributed by atoms with E-state index in [4.69, 9.17) is 29.2 Å². The Kier molecular flexibility index (Phi) is 6.33. The van der Waals surface area contributed by atoms with Crippen molar-refractivity contribution in [2.75, 3.05) is 31.2 Å². The maximum atomic E-state index is 12.8. The smallest absolute Gasteiger partial charge is 0.259 e. The number of nitrogens with zero attached hydrogens (tertiary/aromatic N) is 2. The van der Waals surface area contributed by atoms with Crippen LogP contribution in [0, 0.1) is 0 Å². The van der Waals surface area contributed by atoms with E-state index in [0.717, 1.165) is 11.5 Å². The molecule has 1 aromatic carbocycles. The third kappa shape index (κ3) is 4.11. The van der Waals surface area contributed by atoms with Crippen molar-refractivity contribution in [3.63, 3.8) is 0 Å². The number of amides is 2. The van der Waals surface area contributed by atoms with Gasteiger partial charge in [-0.15, -0.1) is 0 Å². The highest BCUT2D eigenvalue weighted by Gasteiger charge is 2.29. The Balaban J connectivity index is 1.94. The number of hydrogen-bond donors (Lipinski definition) is 0. The fourth-order valence-electron chi connectivity index (χ4n) is 2.55. The van der Waals surface area contributed by atoms with Gasteiger partial charge in [0.15, 0.2) is 0 Å². The van der Waals surface area contributed by atoms with Gasteiger partial charge in [0, 0.05) is 35.7 Å². The first-order chi connectivity index (χ1) is 12.5. The van der Waals surface area contributed by atoms with Gasteiger partial charge in [0.05, 0.1) is 0 Å². The summed E-state index contributed by atoms with van der Waals surface area (Å²) < 4.78 is 6.69. The number of thioether (sulfide) groups is 2. The van der Waals surface area contributed by atoms with Gasteiger partial charge in [0.2, 0.25) is 0 Å². The van der Waals surface area contributed by atoms with Crippen molar-refractivity contribution in [1.29, 1.82) is 0 Å². The SMILES string of the molecule is C=CCOc1cc(C(=O)N2CCSC2=S)cc(C(=O)N2CCSC2=S)c1. The fourth-order valence-corrected chi connectivity index (χ4v) is 4.96. The Bertz CT molecular complexity index is 740. The molecular weight excluding hydrogens is 408 g/mol. The fraction of sp³-hybridized carbons (Fsp3) is 0.294. The first-order valence-corrected chi connectivity index (χ1v) is 10.7. The number of carbonyl (C=O) groups excluding carboxylic acids is 2. The van der Waals surface area contributed by atoms with Gasteiger partial charge in [-0.05, 0) is 18.2 Å². The zero-order valence-corrected chi connectivity index (χ0v) is 17.1. The van der Waals surface area contributed by atoms with Crippen LogP contribution in [0.5, 0.6) is 5.75 Å². The number of hydrogen-bond acceptors (Lipinski definition) is 7. The maximum absolute atomic E-state index is 12.8. The molecule has 2 aliphatic heterocycles. The van der Waals surface area contributed by atoms with Crippen molar-refractivity contribution in [3.05, 3.63) is 42.0 Å². The molecule has 2 aliphatic rings. The summed E-state index contributed by atoms with van der Waals surface area (Å²) in [5.41, 5.74) is 0.745. The topological polar surface area (TPSA) is 49.9 Å². The molecule has 0 aliphatic carbocycles. The molecule has 0 aromatic heterocycles. The summed E-state index contributed by atoms with van der Waals surface area (Å²) in [4.78, 5) is 28.8. The van der Waals surface area contributed by atoms with Crippen LogP contribution < -0.4 is 4.74 Å². The predicted molar refractivity (Wildman–Crippen MR) is 114 cm³/mol. The molecule has 0 saturated carbocycles. The molecular formula is C17H16N2O3S4. The zero-order chi connectivity index (χ0) is 18.7. The van der Waals surface area contributed by atoms with Gasteiger partial charge < -0.3 is 4.74 Å². The van der Waals surface area contributed by atoms with Crippen LogP contribution in [0.25, 0.3) is 0 Å². The highest BCUT2D eigenvalue weighted by molar-refractivity contribution is 8.23. The van der Waals surface area contributed by atoms with Crippen LogP contribution in [0.3, 0.4) is 0 Å². The van der Waals surface area contributed by atoms with E-state index in [0.29, 0.717) is 38.6 Å².